The zero-order valence-electron chi connectivity index (χ0n) is 13.7. The van der Waals surface area contributed by atoms with Gasteiger partial charge in [-0.25, -0.2) is 14.5 Å². The molecular formula is C17H17ClN6. The Balaban J connectivity index is 1.90. The van der Waals surface area contributed by atoms with Crippen LogP contribution in [-0.2, 0) is 0 Å². The predicted molar refractivity (Wildman–Crippen MR) is 93.4 cm³/mol. The zero-order valence-corrected chi connectivity index (χ0v) is 14.5. The normalized spacial score (nSPS) is 13.0. The maximum Gasteiger partial charge on any atom is 0.176 e. The third-order valence-electron chi connectivity index (χ3n) is 4.32. The summed E-state index contributed by atoms with van der Waals surface area (Å²) >= 11 is 6.30. The van der Waals surface area contributed by atoms with E-state index in [0.29, 0.717) is 5.02 Å². The third kappa shape index (κ3) is 2.17. The van der Waals surface area contributed by atoms with E-state index >= 15 is 0 Å². The largest absolute Gasteiger partial charge is 0.257 e. The van der Waals surface area contributed by atoms with Crippen LogP contribution in [0.25, 0.3) is 16.6 Å². The fourth-order valence-corrected chi connectivity index (χ4v) is 3.17. The van der Waals surface area contributed by atoms with Crippen molar-refractivity contribution in [2.24, 2.45) is 0 Å². The van der Waals surface area contributed by atoms with Gasteiger partial charge in [0.15, 0.2) is 11.5 Å². The molecule has 0 aliphatic heterocycles. The summed E-state index contributed by atoms with van der Waals surface area (Å²) in [4.78, 5) is 9.21. The van der Waals surface area contributed by atoms with Gasteiger partial charge in [0.05, 0.1) is 21.9 Å². The molecule has 0 saturated carbocycles. The van der Waals surface area contributed by atoms with Gasteiger partial charge < -0.3 is 0 Å². The van der Waals surface area contributed by atoms with Crippen LogP contribution >= 0.6 is 11.6 Å². The second-order valence-electron chi connectivity index (χ2n) is 5.85. The monoisotopic (exact) mass is 340 g/mol. The summed E-state index contributed by atoms with van der Waals surface area (Å²) in [5.41, 5.74) is 3.47. The number of rotatable bonds is 3. The highest BCUT2D eigenvalue weighted by Gasteiger charge is 2.22. The summed E-state index contributed by atoms with van der Waals surface area (Å²) in [6.45, 7) is 5.97. The topological polar surface area (TPSA) is 60.9 Å². The standard InChI is InChI=1S/C17H17ClN6/c1-4-14(24-11(3)15(18)10(2)21-24)16-20-17-12-7-5-6-8-13(12)19-9-23(17)22-16/h5-9,14H,4H2,1-3H3. The lowest BCUT2D eigenvalue weighted by molar-refractivity contribution is 0.472. The molecule has 0 aliphatic carbocycles. The van der Waals surface area contributed by atoms with Crippen molar-refractivity contribution in [2.75, 3.05) is 0 Å². The lowest BCUT2D eigenvalue weighted by atomic mass is 10.2. The van der Waals surface area contributed by atoms with E-state index in [4.69, 9.17) is 16.6 Å². The number of benzene rings is 1. The van der Waals surface area contributed by atoms with Gasteiger partial charge in [0, 0.05) is 5.39 Å². The van der Waals surface area contributed by atoms with Crippen molar-refractivity contribution < 1.29 is 0 Å². The number of hydrogen-bond acceptors (Lipinski definition) is 4. The van der Waals surface area contributed by atoms with Gasteiger partial charge in [-0.1, -0.05) is 30.7 Å². The van der Waals surface area contributed by atoms with Crippen LogP contribution in [0.2, 0.25) is 5.02 Å². The average molecular weight is 341 g/mol. The Hall–Kier alpha value is -2.47. The van der Waals surface area contributed by atoms with E-state index in [1.807, 2.05) is 42.8 Å². The summed E-state index contributed by atoms with van der Waals surface area (Å²) < 4.78 is 3.65. The van der Waals surface area contributed by atoms with Gasteiger partial charge in [0.2, 0.25) is 0 Å². The van der Waals surface area contributed by atoms with E-state index in [0.717, 1.165) is 40.2 Å². The van der Waals surface area contributed by atoms with Crippen molar-refractivity contribution in [3.63, 3.8) is 0 Å². The molecular weight excluding hydrogens is 324 g/mol. The van der Waals surface area contributed by atoms with E-state index in [-0.39, 0.29) is 6.04 Å². The van der Waals surface area contributed by atoms with Crippen molar-refractivity contribution in [3.8, 4) is 0 Å². The van der Waals surface area contributed by atoms with Gasteiger partial charge in [0.1, 0.15) is 12.4 Å². The minimum absolute atomic E-state index is 0.0603. The highest BCUT2D eigenvalue weighted by Crippen LogP contribution is 2.27. The molecule has 0 amide bonds. The van der Waals surface area contributed by atoms with E-state index in [9.17, 15) is 0 Å². The van der Waals surface area contributed by atoms with Crippen LogP contribution < -0.4 is 0 Å². The summed E-state index contributed by atoms with van der Waals surface area (Å²) in [7, 11) is 0. The molecule has 1 aromatic carbocycles. The molecule has 122 valence electrons. The van der Waals surface area contributed by atoms with Gasteiger partial charge >= 0.3 is 0 Å². The molecule has 0 saturated heterocycles. The second-order valence-corrected chi connectivity index (χ2v) is 6.23. The minimum Gasteiger partial charge on any atom is -0.257 e. The first-order valence-electron chi connectivity index (χ1n) is 7.91. The molecule has 0 radical (unpaired) electrons. The first-order valence-corrected chi connectivity index (χ1v) is 8.29. The molecule has 0 bridgehead atoms. The first kappa shape index (κ1) is 15.1. The van der Waals surface area contributed by atoms with Gasteiger partial charge in [-0.05, 0) is 32.4 Å². The number of hydrogen-bond donors (Lipinski definition) is 0. The summed E-state index contributed by atoms with van der Waals surface area (Å²) in [6.07, 6.45) is 2.52. The Bertz CT molecular complexity index is 1050. The number of aromatic nitrogens is 6. The van der Waals surface area contributed by atoms with E-state index in [1.54, 1.807) is 10.8 Å². The summed E-state index contributed by atoms with van der Waals surface area (Å²) in [5, 5.41) is 10.9. The number of aryl methyl sites for hydroxylation is 1. The van der Waals surface area contributed by atoms with Crippen molar-refractivity contribution in [1.82, 2.24) is 29.4 Å². The Kier molecular flexibility index (Phi) is 3.49. The quantitative estimate of drug-likeness (QED) is 0.570. The summed E-state index contributed by atoms with van der Waals surface area (Å²) in [5.74, 6) is 0.720. The van der Waals surface area contributed by atoms with E-state index in [2.05, 4.69) is 22.1 Å². The van der Waals surface area contributed by atoms with Gasteiger partial charge in [-0.3, -0.25) is 4.68 Å². The smallest absolute Gasteiger partial charge is 0.176 e. The van der Waals surface area contributed by atoms with Crippen molar-refractivity contribution in [1.29, 1.82) is 0 Å². The zero-order chi connectivity index (χ0) is 16.8. The van der Waals surface area contributed by atoms with Gasteiger partial charge in [-0.15, -0.1) is 5.10 Å². The van der Waals surface area contributed by atoms with Crippen LogP contribution in [-0.4, -0.2) is 29.4 Å². The van der Waals surface area contributed by atoms with Crippen LogP contribution in [0, 0.1) is 13.8 Å². The predicted octanol–water partition coefficient (Wildman–Crippen LogP) is 3.74. The van der Waals surface area contributed by atoms with Crippen molar-refractivity contribution in [2.45, 2.75) is 33.2 Å². The highest BCUT2D eigenvalue weighted by molar-refractivity contribution is 6.31. The number of halogens is 1. The lowest BCUT2D eigenvalue weighted by Gasteiger charge is -2.13. The SMILES string of the molecule is CCC(c1nc2c3ccccc3ncn2n1)n1nc(C)c(Cl)c1C. The molecule has 0 fully saturated rings. The molecule has 1 unspecified atom stereocenters. The minimum atomic E-state index is -0.0603. The van der Waals surface area contributed by atoms with E-state index < -0.39 is 0 Å². The molecule has 3 aromatic heterocycles. The fraction of sp³-hybridized carbons (Fsp3) is 0.294. The van der Waals surface area contributed by atoms with Gasteiger partial charge in [0.25, 0.3) is 0 Å². The maximum absolute atomic E-state index is 6.30. The number of fused-ring (bicyclic) bond motifs is 3. The highest BCUT2D eigenvalue weighted by atomic mass is 35.5. The summed E-state index contributed by atoms with van der Waals surface area (Å²) in [6, 6.07) is 7.88. The Labute approximate surface area is 144 Å². The Morgan fingerprint density at radius 2 is 1.96 bits per heavy atom. The van der Waals surface area contributed by atoms with Crippen LogP contribution in [0.15, 0.2) is 30.6 Å². The first-order chi connectivity index (χ1) is 11.6. The van der Waals surface area contributed by atoms with Crippen molar-refractivity contribution in [3.05, 3.63) is 52.8 Å². The molecule has 6 nitrogen and oxygen atoms in total. The second kappa shape index (κ2) is 5.56. The fourth-order valence-electron chi connectivity index (χ4n) is 3.05. The third-order valence-corrected chi connectivity index (χ3v) is 4.86. The lowest BCUT2D eigenvalue weighted by Crippen LogP contribution is -2.14. The molecule has 4 aromatic rings. The van der Waals surface area contributed by atoms with Crippen LogP contribution in [0.4, 0.5) is 0 Å². The number of para-hydroxylation sites is 1. The molecule has 0 spiro atoms. The molecule has 7 heteroatoms. The average Bonchev–Trinajstić information content (AvgIpc) is 3.13. The number of nitrogens with zero attached hydrogens (tertiary/aromatic N) is 6. The van der Waals surface area contributed by atoms with Crippen molar-refractivity contribution >= 4 is 28.2 Å². The Morgan fingerprint density at radius 1 is 1.17 bits per heavy atom. The molecule has 24 heavy (non-hydrogen) atoms. The van der Waals surface area contributed by atoms with Crippen LogP contribution in [0.5, 0.6) is 0 Å². The van der Waals surface area contributed by atoms with E-state index in [1.165, 1.54) is 0 Å². The van der Waals surface area contributed by atoms with Crippen LogP contribution in [0.1, 0.15) is 36.6 Å². The molecule has 3 heterocycles. The maximum atomic E-state index is 6.30. The van der Waals surface area contributed by atoms with Crippen LogP contribution in [0.3, 0.4) is 0 Å². The molecule has 1 atom stereocenters. The van der Waals surface area contributed by atoms with Gasteiger partial charge in [-0.2, -0.15) is 5.10 Å². The molecule has 0 N–H and O–H groups in total. The Morgan fingerprint density at radius 3 is 2.67 bits per heavy atom. The molecule has 4 rings (SSSR count). The molecule has 0 aliphatic rings.